The van der Waals surface area contributed by atoms with Gasteiger partial charge in [0.05, 0.1) is 12.5 Å². The van der Waals surface area contributed by atoms with Gasteiger partial charge < -0.3 is 37.6 Å². The van der Waals surface area contributed by atoms with Gasteiger partial charge in [-0.25, -0.2) is 4.79 Å². The van der Waals surface area contributed by atoms with E-state index >= 15 is 0 Å². The van der Waals surface area contributed by atoms with E-state index in [-0.39, 0.29) is 17.9 Å². The Morgan fingerprint density at radius 1 is 0.969 bits per heavy atom. The highest BCUT2D eigenvalue weighted by atomic mass is 32.1. The second-order valence-electron chi connectivity index (χ2n) is 7.02. The predicted octanol–water partition coefficient (Wildman–Crippen LogP) is -2.37. The quantitative estimate of drug-likeness (QED) is 0.154. The number of carboxylic acids is 1. The molecule has 0 aliphatic rings. The van der Waals surface area contributed by atoms with Crippen LogP contribution in [0.25, 0.3) is 0 Å². The average molecular weight is 470 g/mol. The van der Waals surface area contributed by atoms with E-state index in [1.807, 2.05) is 0 Å². The molecular formula is C19H27N5O7S. The monoisotopic (exact) mass is 469 g/mol. The lowest BCUT2D eigenvalue weighted by Gasteiger charge is -2.23. The molecule has 1 aromatic carbocycles. The van der Waals surface area contributed by atoms with Crippen LogP contribution in [0.2, 0.25) is 0 Å². The van der Waals surface area contributed by atoms with Crippen molar-refractivity contribution in [2.45, 2.75) is 43.9 Å². The normalized spacial score (nSPS) is 14.3. The maximum absolute atomic E-state index is 12.7. The summed E-state index contributed by atoms with van der Waals surface area (Å²) in [5, 5.41) is 25.6. The van der Waals surface area contributed by atoms with E-state index in [0.717, 1.165) is 0 Å². The first-order valence-corrected chi connectivity index (χ1v) is 10.1. The molecule has 9 N–H and O–H groups in total. The number of primary amides is 1. The molecule has 4 atom stereocenters. The molecule has 0 aromatic heterocycles. The Morgan fingerprint density at radius 2 is 1.53 bits per heavy atom. The van der Waals surface area contributed by atoms with Crippen molar-refractivity contribution in [2.75, 3.05) is 5.75 Å². The van der Waals surface area contributed by atoms with Crippen LogP contribution >= 0.6 is 12.6 Å². The van der Waals surface area contributed by atoms with Crippen molar-refractivity contribution in [3.63, 3.8) is 0 Å². The number of aliphatic carboxylic acids is 1. The molecule has 12 nitrogen and oxygen atoms in total. The zero-order chi connectivity index (χ0) is 24.4. The standard InChI is InChI=1S/C19H27N5O7S/c1-9(22-17(28)12(20)8-32)16(27)23-13(6-10-2-4-11(25)5-3-10)18(29)24-14(19(30)31)7-15(21)26/h2-5,9,12-14,25,32H,6-8,20H2,1H3,(H2,21,26)(H,22,28)(H,23,27)(H,24,29)(H,30,31). The number of thiol groups is 1. The minimum absolute atomic E-state index is 0.0111. The fraction of sp³-hybridized carbons (Fsp3) is 0.421. The Kier molecular flexibility index (Phi) is 10.4. The molecular weight excluding hydrogens is 442 g/mol. The van der Waals surface area contributed by atoms with Gasteiger partial charge in [-0.2, -0.15) is 12.6 Å². The maximum Gasteiger partial charge on any atom is 0.326 e. The van der Waals surface area contributed by atoms with Gasteiger partial charge in [0.25, 0.3) is 0 Å². The van der Waals surface area contributed by atoms with Crippen LogP contribution in [-0.2, 0) is 30.4 Å². The molecule has 1 rings (SSSR count). The summed E-state index contributed by atoms with van der Waals surface area (Å²) in [6.45, 7) is 1.38. The van der Waals surface area contributed by atoms with Gasteiger partial charge in [0.15, 0.2) is 0 Å². The van der Waals surface area contributed by atoms with Gasteiger partial charge in [0.1, 0.15) is 23.9 Å². The Hall–Kier alpha value is -3.32. The average Bonchev–Trinajstić information content (AvgIpc) is 2.72. The Bertz CT molecular complexity index is 849. The molecule has 0 heterocycles. The lowest BCUT2D eigenvalue weighted by Crippen LogP contribution is -2.57. The van der Waals surface area contributed by atoms with E-state index in [1.165, 1.54) is 31.2 Å². The van der Waals surface area contributed by atoms with Crippen molar-refractivity contribution in [1.29, 1.82) is 0 Å². The van der Waals surface area contributed by atoms with Crippen LogP contribution in [0, 0.1) is 0 Å². The molecule has 0 fully saturated rings. The van der Waals surface area contributed by atoms with Crippen molar-refractivity contribution in [1.82, 2.24) is 16.0 Å². The summed E-state index contributed by atoms with van der Waals surface area (Å²) in [6, 6.07) is 0.916. The van der Waals surface area contributed by atoms with Crippen LogP contribution in [0.15, 0.2) is 24.3 Å². The number of carboxylic acid groups (broad SMARTS) is 1. The summed E-state index contributed by atoms with van der Waals surface area (Å²) >= 11 is 3.91. The summed E-state index contributed by atoms with van der Waals surface area (Å²) < 4.78 is 0. The fourth-order valence-corrected chi connectivity index (χ4v) is 2.68. The zero-order valence-electron chi connectivity index (χ0n) is 17.3. The molecule has 0 aliphatic heterocycles. The minimum Gasteiger partial charge on any atom is -0.508 e. The highest BCUT2D eigenvalue weighted by molar-refractivity contribution is 7.80. The molecule has 0 radical (unpaired) electrons. The predicted molar refractivity (Wildman–Crippen MR) is 117 cm³/mol. The molecule has 0 saturated heterocycles. The topological polar surface area (TPSA) is 214 Å². The molecule has 0 bridgehead atoms. The Balaban J connectivity index is 3.00. The van der Waals surface area contributed by atoms with E-state index in [9.17, 15) is 34.2 Å². The van der Waals surface area contributed by atoms with Gasteiger partial charge in [-0.05, 0) is 24.6 Å². The van der Waals surface area contributed by atoms with E-state index in [2.05, 4.69) is 28.6 Å². The number of aromatic hydroxyl groups is 1. The Labute approximate surface area is 189 Å². The lowest BCUT2D eigenvalue weighted by atomic mass is 10.0. The second-order valence-corrected chi connectivity index (χ2v) is 7.39. The van der Waals surface area contributed by atoms with Gasteiger partial charge in [-0.15, -0.1) is 0 Å². The molecule has 4 amide bonds. The van der Waals surface area contributed by atoms with Crippen LogP contribution in [-0.4, -0.2) is 69.7 Å². The first kappa shape index (κ1) is 26.7. The fourth-order valence-electron chi connectivity index (χ4n) is 2.52. The van der Waals surface area contributed by atoms with Crippen LogP contribution in [0.4, 0.5) is 0 Å². The zero-order valence-corrected chi connectivity index (χ0v) is 18.2. The summed E-state index contributed by atoms with van der Waals surface area (Å²) in [5.74, 6) is -4.60. The van der Waals surface area contributed by atoms with Crippen LogP contribution in [0.3, 0.4) is 0 Å². The number of amides is 4. The van der Waals surface area contributed by atoms with Gasteiger partial charge in [0.2, 0.25) is 23.6 Å². The van der Waals surface area contributed by atoms with Gasteiger partial charge in [-0.3, -0.25) is 19.2 Å². The number of hydrogen-bond donors (Lipinski definition) is 8. The number of phenols is 1. The number of nitrogens with two attached hydrogens (primary N) is 2. The summed E-state index contributed by atoms with van der Waals surface area (Å²) in [6.07, 6.45) is -0.716. The highest BCUT2D eigenvalue weighted by Gasteiger charge is 2.29. The molecule has 0 aliphatic carbocycles. The first-order valence-electron chi connectivity index (χ1n) is 9.51. The summed E-state index contributed by atoms with van der Waals surface area (Å²) in [7, 11) is 0. The van der Waals surface area contributed by atoms with E-state index < -0.39 is 60.2 Å². The van der Waals surface area contributed by atoms with Crippen molar-refractivity contribution >= 4 is 42.2 Å². The van der Waals surface area contributed by atoms with Crippen molar-refractivity contribution < 1.29 is 34.2 Å². The molecule has 1 aromatic rings. The molecule has 0 spiro atoms. The van der Waals surface area contributed by atoms with Gasteiger partial charge >= 0.3 is 5.97 Å². The smallest absolute Gasteiger partial charge is 0.326 e. The third-order valence-electron chi connectivity index (χ3n) is 4.31. The number of carbonyl (C=O) groups excluding carboxylic acids is 4. The molecule has 176 valence electrons. The van der Waals surface area contributed by atoms with Gasteiger partial charge in [-0.1, -0.05) is 12.1 Å². The number of hydrogen-bond acceptors (Lipinski definition) is 8. The van der Waals surface area contributed by atoms with E-state index in [4.69, 9.17) is 11.5 Å². The lowest BCUT2D eigenvalue weighted by molar-refractivity contribution is -0.143. The van der Waals surface area contributed by atoms with E-state index in [1.54, 1.807) is 0 Å². The Morgan fingerprint density at radius 3 is 2.03 bits per heavy atom. The third-order valence-corrected chi connectivity index (χ3v) is 4.71. The first-order chi connectivity index (χ1) is 14.9. The number of nitrogens with one attached hydrogen (secondary N) is 3. The largest absolute Gasteiger partial charge is 0.508 e. The number of benzene rings is 1. The number of carbonyl (C=O) groups is 5. The number of rotatable bonds is 12. The van der Waals surface area contributed by atoms with Crippen molar-refractivity contribution in [2.24, 2.45) is 11.5 Å². The second kappa shape index (κ2) is 12.5. The SMILES string of the molecule is CC(NC(=O)C(N)CS)C(=O)NC(Cc1ccc(O)cc1)C(=O)NC(CC(N)=O)C(=O)O. The molecule has 4 unspecified atom stereocenters. The molecule has 0 saturated carbocycles. The van der Waals surface area contributed by atoms with Crippen molar-refractivity contribution in [3.05, 3.63) is 29.8 Å². The summed E-state index contributed by atoms with van der Waals surface area (Å²) in [5.41, 5.74) is 11.1. The molecule has 32 heavy (non-hydrogen) atoms. The van der Waals surface area contributed by atoms with Crippen LogP contribution < -0.4 is 27.4 Å². The third kappa shape index (κ3) is 8.81. The van der Waals surface area contributed by atoms with Crippen molar-refractivity contribution in [3.8, 4) is 5.75 Å². The van der Waals surface area contributed by atoms with Crippen LogP contribution in [0.5, 0.6) is 5.75 Å². The summed E-state index contributed by atoms with van der Waals surface area (Å²) in [4.78, 5) is 59.6. The van der Waals surface area contributed by atoms with Crippen LogP contribution in [0.1, 0.15) is 18.9 Å². The maximum atomic E-state index is 12.7. The highest BCUT2D eigenvalue weighted by Crippen LogP contribution is 2.12. The van der Waals surface area contributed by atoms with E-state index in [0.29, 0.717) is 5.56 Å². The number of phenolic OH excluding ortho intramolecular Hbond substituents is 1. The van der Waals surface area contributed by atoms with Gasteiger partial charge in [0, 0.05) is 12.2 Å². The molecule has 13 heteroatoms. The minimum atomic E-state index is -1.59.